The van der Waals surface area contributed by atoms with Gasteiger partial charge in [-0.3, -0.25) is 4.79 Å². The van der Waals surface area contributed by atoms with Crippen LogP contribution in [0.5, 0.6) is 11.5 Å². The van der Waals surface area contributed by atoms with Crippen molar-refractivity contribution >= 4 is 11.9 Å². The molecule has 0 aliphatic rings. The van der Waals surface area contributed by atoms with Crippen molar-refractivity contribution in [3.63, 3.8) is 0 Å². The molecule has 0 aliphatic carbocycles. The summed E-state index contributed by atoms with van der Waals surface area (Å²) < 4.78 is 94.2. The summed E-state index contributed by atoms with van der Waals surface area (Å²) in [4.78, 5) is 21.1. The number of benzene rings is 3. The number of hydrogen-bond acceptors (Lipinski definition) is 6. The second-order valence-electron chi connectivity index (χ2n) is 12.4. The van der Waals surface area contributed by atoms with Gasteiger partial charge in [0.15, 0.2) is 5.75 Å². The second kappa shape index (κ2) is 15.4. The van der Waals surface area contributed by atoms with Crippen molar-refractivity contribution in [2.45, 2.75) is 78.8 Å². The molecule has 0 saturated carbocycles. The topological polar surface area (TPSA) is 84.8 Å². The monoisotopic (exact) mass is 703 g/mol. The molecular formula is C37H39F6N3O4. The fourth-order valence-corrected chi connectivity index (χ4v) is 5.64. The highest BCUT2D eigenvalue weighted by atomic mass is 19.4. The molecule has 3 aromatic carbocycles. The number of alkyl halides is 6. The summed E-state index contributed by atoms with van der Waals surface area (Å²) in [6.07, 6.45) is -7.26. The normalized spacial score (nSPS) is 11.9. The summed E-state index contributed by atoms with van der Waals surface area (Å²) in [5.41, 5.74) is 3.17. The molecule has 0 amide bonds. The first-order valence-electron chi connectivity index (χ1n) is 15.9. The van der Waals surface area contributed by atoms with E-state index < -0.39 is 36.0 Å². The average Bonchev–Trinajstić information content (AvgIpc) is 3.04. The van der Waals surface area contributed by atoms with Crippen molar-refractivity contribution in [3.05, 3.63) is 99.4 Å². The van der Waals surface area contributed by atoms with Crippen molar-refractivity contribution in [2.24, 2.45) is 0 Å². The van der Waals surface area contributed by atoms with Crippen LogP contribution < -0.4 is 14.4 Å². The van der Waals surface area contributed by atoms with Crippen LogP contribution in [0.25, 0.3) is 11.1 Å². The van der Waals surface area contributed by atoms with E-state index in [1.165, 1.54) is 17.3 Å². The first kappa shape index (κ1) is 38.0. The number of carbonyl (C=O) groups is 1. The summed E-state index contributed by atoms with van der Waals surface area (Å²) in [5, 5.41) is 8.86. The van der Waals surface area contributed by atoms with E-state index in [0.717, 1.165) is 38.9 Å². The van der Waals surface area contributed by atoms with Gasteiger partial charge in [0.05, 0.1) is 37.2 Å². The van der Waals surface area contributed by atoms with E-state index in [9.17, 15) is 31.1 Å². The van der Waals surface area contributed by atoms with E-state index in [2.05, 4.69) is 23.8 Å². The number of carboxylic acid groups (broad SMARTS) is 1. The zero-order valence-corrected chi connectivity index (χ0v) is 28.6. The van der Waals surface area contributed by atoms with E-state index in [4.69, 9.17) is 14.6 Å². The summed E-state index contributed by atoms with van der Waals surface area (Å²) in [6.45, 7) is 9.66. The van der Waals surface area contributed by atoms with E-state index in [1.54, 1.807) is 7.11 Å². The maximum absolute atomic E-state index is 13.8. The molecule has 50 heavy (non-hydrogen) atoms. The summed E-state index contributed by atoms with van der Waals surface area (Å²) in [7, 11) is 1.56. The molecule has 0 fully saturated rings. The van der Waals surface area contributed by atoms with Crippen LogP contribution >= 0.6 is 0 Å². The molecule has 0 saturated heterocycles. The summed E-state index contributed by atoms with van der Waals surface area (Å²) in [5.74, 6) is 0.0537. The van der Waals surface area contributed by atoms with Crippen molar-refractivity contribution in [1.82, 2.24) is 9.97 Å². The van der Waals surface area contributed by atoms with Crippen molar-refractivity contribution in [2.75, 3.05) is 18.6 Å². The van der Waals surface area contributed by atoms with Gasteiger partial charge in [-0.15, -0.1) is 0 Å². The molecule has 4 aromatic rings. The molecular weight excluding hydrogens is 664 g/mol. The van der Waals surface area contributed by atoms with Crippen molar-refractivity contribution in [3.8, 4) is 22.6 Å². The maximum Gasteiger partial charge on any atom is 0.416 e. The van der Waals surface area contributed by atoms with Crippen LogP contribution in [0.2, 0.25) is 0 Å². The molecule has 0 radical (unpaired) electrons. The molecule has 0 bridgehead atoms. The number of halogens is 6. The Balaban J connectivity index is 1.87. The Morgan fingerprint density at radius 1 is 0.880 bits per heavy atom. The van der Waals surface area contributed by atoms with E-state index in [-0.39, 0.29) is 55.2 Å². The fourth-order valence-electron chi connectivity index (χ4n) is 5.64. The van der Waals surface area contributed by atoms with Crippen LogP contribution in [0, 0.1) is 20.8 Å². The van der Waals surface area contributed by atoms with E-state index >= 15 is 0 Å². The van der Waals surface area contributed by atoms with Gasteiger partial charge in [-0.2, -0.15) is 26.3 Å². The van der Waals surface area contributed by atoms with Crippen LogP contribution in [-0.4, -0.2) is 34.8 Å². The molecule has 268 valence electrons. The lowest BCUT2D eigenvalue weighted by molar-refractivity contribution is -0.143. The fraction of sp³-hybridized carbons (Fsp3) is 0.378. The van der Waals surface area contributed by atoms with Gasteiger partial charge in [-0.25, -0.2) is 9.97 Å². The number of aliphatic carboxylic acids is 1. The Hall–Kier alpha value is -4.81. The van der Waals surface area contributed by atoms with Gasteiger partial charge in [0.2, 0.25) is 5.95 Å². The predicted octanol–water partition coefficient (Wildman–Crippen LogP) is 9.69. The standard InChI is InChI=1S/C37H39F6N3O4/c1-21(2)26-9-10-32(49-6)31(15-26)34-24(5)23(4)22(3)12-27(34)20-46(35-44-17-30(18-45-35)50-11-7-8-33(47)48)19-25-13-28(36(38,39)40)16-29(14-25)37(41,42)43/h9-10,12-18,21H,7-8,11,19-20H2,1-6H3,(H,47,48). The molecule has 1 aromatic heterocycles. The van der Waals surface area contributed by atoms with Crippen molar-refractivity contribution in [1.29, 1.82) is 0 Å². The van der Waals surface area contributed by atoms with Gasteiger partial charge >= 0.3 is 18.3 Å². The van der Waals surface area contributed by atoms with Gasteiger partial charge < -0.3 is 19.5 Å². The van der Waals surface area contributed by atoms with Crippen LogP contribution in [-0.2, 0) is 30.2 Å². The first-order chi connectivity index (χ1) is 23.4. The molecule has 0 unspecified atom stereocenters. The molecule has 0 spiro atoms. The van der Waals surface area contributed by atoms with Crippen LogP contribution in [0.3, 0.4) is 0 Å². The third-order valence-corrected chi connectivity index (χ3v) is 8.48. The van der Waals surface area contributed by atoms with E-state index in [1.807, 2.05) is 45.0 Å². The Bertz CT molecular complexity index is 1790. The quantitative estimate of drug-likeness (QED) is 0.110. The number of nitrogens with zero attached hydrogens (tertiary/aromatic N) is 3. The van der Waals surface area contributed by atoms with Crippen LogP contribution in [0.1, 0.15) is 77.1 Å². The smallest absolute Gasteiger partial charge is 0.416 e. The highest BCUT2D eigenvalue weighted by Gasteiger charge is 2.37. The number of hydrogen-bond donors (Lipinski definition) is 1. The third kappa shape index (κ3) is 9.25. The number of methoxy groups -OCH3 is 1. The maximum atomic E-state index is 13.8. The summed E-state index contributed by atoms with van der Waals surface area (Å²) in [6, 6.07) is 9.32. The van der Waals surface area contributed by atoms with Gasteiger partial charge in [0, 0.05) is 25.1 Å². The highest BCUT2D eigenvalue weighted by molar-refractivity contribution is 5.79. The minimum Gasteiger partial charge on any atom is -0.496 e. The number of rotatable bonds is 13. The first-order valence-corrected chi connectivity index (χ1v) is 15.9. The Morgan fingerprint density at radius 2 is 1.50 bits per heavy atom. The average molecular weight is 704 g/mol. The third-order valence-electron chi connectivity index (χ3n) is 8.48. The lowest BCUT2D eigenvalue weighted by atomic mass is 9.87. The number of ether oxygens (including phenoxy) is 2. The van der Waals surface area contributed by atoms with Gasteiger partial charge in [-0.1, -0.05) is 26.0 Å². The Morgan fingerprint density at radius 3 is 2.04 bits per heavy atom. The zero-order chi connectivity index (χ0) is 37.0. The van der Waals surface area contributed by atoms with Crippen molar-refractivity contribution < 1.29 is 45.7 Å². The SMILES string of the molecule is COc1ccc(C(C)C)cc1-c1c(CN(Cc2cc(C(F)(F)F)cc(C(F)(F)F)c2)c2ncc(OCCCC(=O)O)cn2)cc(C)c(C)c1C. The van der Waals surface area contributed by atoms with Gasteiger partial charge in [0.25, 0.3) is 0 Å². The number of aryl methyl sites for hydroxylation is 1. The van der Waals surface area contributed by atoms with Gasteiger partial charge in [-0.05, 0) is 102 Å². The molecule has 7 nitrogen and oxygen atoms in total. The molecule has 4 rings (SSSR count). The van der Waals surface area contributed by atoms with E-state index in [0.29, 0.717) is 17.9 Å². The predicted molar refractivity (Wildman–Crippen MR) is 177 cm³/mol. The molecule has 0 aliphatic heterocycles. The Kier molecular flexibility index (Phi) is 11.7. The van der Waals surface area contributed by atoms with Gasteiger partial charge in [0.1, 0.15) is 5.75 Å². The second-order valence-corrected chi connectivity index (χ2v) is 12.4. The number of aromatic nitrogens is 2. The minimum absolute atomic E-state index is 0.00274. The lowest BCUT2D eigenvalue weighted by Gasteiger charge is -2.27. The zero-order valence-electron chi connectivity index (χ0n) is 28.6. The summed E-state index contributed by atoms with van der Waals surface area (Å²) >= 11 is 0. The lowest BCUT2D eigenvalue weighted by Crippen LogP contribution is -2.25. The van der Waals surface area contributed by atoms with Crippen LogP contribution in [0.15, 0.2) is 54.9 Å². The number of anilines is 1. The molecule has 1 heterocycles. The number of carboxylic acids is 1. The molecule has 0 atom stereocenters. The largest absolute Gasteiger partial charge is 0.496 e. The highest BCUT2D eigenvalue weighted by Crippen LogP contribution is 2.41. The Labute approximate surface area is 286 Å². The molecule has 13 heteroatoms. The van der Waals surface area contributed by atoms with Crippen LogP contribution in [0.4, 0.5) is 32.3 Å². The minimum atomic E-state index is -5.02. The molecule has 1 N–H and O–H groups in total.